The van der Waals surface area contributed by atoms with Gasteiger partial charge in [0.15, 0.2) is 6.29 Å². The van der Waals surface area contributed by atoms with Crippen LogP contribution in [-0.2, 0) is 4.79 Å². The van der Waals surface area contributed by atoms with E-state index in [2.05, 4.69) is 29.5 Å². The van der Waals surface area contributed by atoms with Crippen LogP contribution in [-0.4, -0.2) is 17.0 Å². The van der Waals surface area contributed by atoms with Gasteiger partial charge in [-0.15, -0.1) is 0 Å². The van der Waals surface area contributed by atoms with Crippen molar-refractivity contribution in [1.82, 2.24) is 0 Å². The van der Waals surface area contributed by atoms with E-state index in [4.69, 9.17) is 0 Å². The minimum atomic E-state index is -1.18. The van der Waals surface area contributed by atoms with Gasteiger partial charge in [-0.3, -0.25) is 0 Å². The Morgan fingerprint density at radius 2 is 2.08 bits per heavy atom. The van der Waals surface area contributed by atoms with Gasteiger partial charge in [-0.2, -0.15) is 0 Å². The van der Waals surface area contributed by atoms with Crippen LogP contribution in [0.2, 0.25) is 0 Å². The average molecular weight is 294 g/mol. The van der Waals surface area contributed by atoms with Crippen molar-refractivity contribution in [3.05, 3.63) is 9.15 Å². The van der Waals surface area contributed by atoms with E-state index in [0.717, 1.165) is 10.0 Å². The lowest BCUT2D eigenvalue weighted by molar-refractivity contribution is -0.135. The second-order valence-corrected chi connectivity index (χ2v) is 5.34. The molecule has 0 fully saturated rings. The number of hydrogen-bond acceptors (Lipinski definition) is 2. The Hall–Kier alpha value is 0.100. The van der Waals surface area contributed by atoms with Crippen molar-refractivity contribution < 1.29 is 9.90 Å². The number of carbonyl (C=O) groups excluding carboxylic acids is 1. The highest BCUT2D eigenvalue weighted by Gasteiger charge is 2.48. The van der Waals surface area contributed by atoms with Gasteiger partial charge in [0.25, 0.3) is 0 Å². The fraction of sp³-hybridized carbons (Fsp3) is 0.700. The Kier molecular flexibility index (Phi) is 2.88. The summed E-state index contributed by atoms with van der Waals surface area (Å²) < 4.78 is 1.12. The number of allylic oxidation sites excluding steroid dienone is 1. The highest BCUT2D eigenvalue weighted by atomic mass is 127. The summed E-state index contributed by atoms with van der Waals surface area (Å²) in [6, 6.07) is 0. The zero-order valence-corrected chi connectivity index (χ0v) is 10.4. The fourth-order valence-electron chi connectivity index (χ4n) is 1.73. The number of rotatable bonds is 1. The van der Waals surface area contributed by atoms with E-state index in [9.17, 15) is 9.90 Å². The van der Waals surface area contributed by atoms with E-state index < -0.39 is 11.0 Å². The highest BCUT2D eigenvalue weighted by molar-refractivity contribution is 14.1. The van der Waals surface area contributed by atoms with Crippen molar-refractivity contribution in [1.29, 1.82) is 0 Å². The van der Waals surface area contributed by atoms with Gasteiger partial charge in [-0.1, -0.05) is 19.4 Å². The van der Waals surface area contributed by atoms with E-state index in [1.807, 2.05) is 13.8 Å². The molecule has 0 heterocycles. The predicted octanol–water partition coefficient (Wildman–Crippen LogP) is 2.45. The number of hydrogen-bond donors (Lipinski definition) is 1. The summed E-state index contributed by atoms with van der Waals surface area (Å²) in [7, 11) is 0. The normalized spacial score (nSPS) is 33.3. The molecule has 0 saturated carbocycles. The van der Waals surface area contributed by atoms with Crippen molar-refractivity contribution in [2.75, 3.05) is 0 Å². The Morgan fingerprint density at radius 3 is 2.54 bits per heavy atom. The third-order valence-electron chi connectivity index (χ3n) is 3.08. The van der Waals surface area contributed by atoms with Gasteiger partial charge in [0, 0.05) is 5.41 Å². The fourth-order valence-corrected chi connectivity index (χ4v) is 2.47. The summed E-state index contributed by atoms with van der Waals surface area (Å²) in [6.45, 7) is 5.91. The van der Waals surface area contributed by atoms with Crippen molar-refractivity contribution in [2.45, 2.75) is 39.2 Å². The van der Waals surface area contributed by atoms with E-state index in [-0.39, 0.29) is 0 Å². The summed E-state index contributed by atoms with van der Waals surface area (Å²) in [5.41, 5.74) is -0.321. The van der Waals surface area contributed by atoms with Crippen molar-refractivity contribution in [3.8, 4) is 0 Å². The number of carbonyl (C=O) groups is 1. The smallest absolute Gasteiger partial charge is 0.152 e. The minimum Gasteiger partial charge on any atom is -0.381 e. The van der Waals surface area contributed by atoms with Crippen LogP contribution >= 0.6 is 22.6 Å². The second-order valence-electron chi connectivity index (χ2n) is 4.26. The molecule has 0 saturated heterocycles. The van der Waals surface area contributed by atoms with Crippen LogP contribution < -0.4 is 0 Å². The van der Waals surface area contributed by atoms with Crippen molar-refractivity contribution >= 4 is 28.9 Å². The van der Waals surface area contributed by atoms with Gasteiger partial charge in [0.05, 0.1) is 0 Å². The first-order chi connectivity index (χ1) is 5.85. The Labute approximate surface area is 92.5 Å². The quantitative estimate of drug-likeness (QED) is 0.596. The summed E-state index contributed by atoms with van der Waals surface area (Å²) in [5, 5.41) is 10.1. The van der Waals surface area contributed by atoms with Gasteiger partial charge in [0.2, 0.25) is 0 Å². The molecule has 1 atom stereocenters. The number of aldehydes is 1. The second kappa shape index (κ2) is 3.35. The molecule has 0 amide bonds. The van der Waals surface area contributed by atoms with E-state index in [0.29, 0.717) is 12.7 Å². The van der Waals surface area contributed by atoms with Crippen LogP contribution in [0.1, 0.15) is 33.6 Å². The molecule has 0 aromatic heterocycles. The lowest BCUT2D eigenvalue weighted by Crippen LogP contribution is -2.48. The molecule has 13 heavy (non-hydrogen) atoms. The first-order valence-electron chi connectivity index (χ1n) is 4.39. The third kappa shape index (κ3) is 1.56. The number of halogens is 1. The van der Waals surface area contributed by atoms with Crippen LogP contribution in [0, 0.1) is 5.41 Å². The van der Waals surface area contributed by atoms with E-state index >= 15 is 0 Å². The zero-order chi connectivity index (χ0) is 10.3. The average Bonchev–Trinajstić information content (AvgIpc) is 2.09. The Bertz CT molecular complexity index is 268. The summed E-state index contributed by atoms with van der Waals surface area (Å²) in [5.74, 6) is 0. The highest BCUT2D eigenvalue weighted by Crippen LogP contribution is 2.49. The first-order valence-corrected chi connectivity index (χ1v) is 5.47. The molecule has 0 aromatic carbocycles. The van der Waals surface area contributed by atoms with E-state index in [1.165, 1.54) is 5.57 Å². The van der Waals surface area contributed by atoms with Gasteiger partial charge in [0.1, 0.15) is 5.60 Å². The summed E-state index contributed by atoms with van der Waals surface area (Å²) in [4.78, 5) is 10.9. The zero-order valence-electron chi connectivity index (χ0n) is 8.22. The maximum absolute atomic E-state index is 10.9. The molecule has 1 aliphatic rings. The molecule has 0 aromatic rings. The maximum Gasteiger partial charge on any atom is 0.152 e. The molecular formula is C10H15IO2. The van der Waals surface area contributed by atoms with Gasteiger partial charge in [-0.05, 0) is 45.9 Å². The molecular weight excluding hydrogens is 279 g/mol. The first kappa shape index (κ1) is 11.2. The lowest BCUT2D eigenvalue weighted by Gasteiger charge is -2.43. The standard InChI is InChI=1S/C10H15IO2/c1-7-4-5-10(13,6-12)9(2,3)8(7)11/h6,13H,4-5H2,1-3H3. The largest absolute Gasteiger partial charge is 0.381 e. The maximum atomic E-state index is 10.9. The Morgan fingerprint density at radius 1 is 1.54 bits per heavy atom. The molecule has 0 bridgehead atoms. The molecule has 1 N–H and O–H groups in total. The molecule has 1 rings (SSSR count). The van der Waals surface area contributed by atoms with Crippen molar-refractivity contribution in [2.24, 2.45) is 5.41 Å². The number of aliphatic hydroxyl groups is 1. The lowest BCUT2D eigenvalue weighted by atomic mass is 9.68. The van der Waals surface area contributed by atoms with Gasteiger partial charge in [-0.25, -0.2) is 0 Å². The van der Waals surface area contributed by atoms with Gasteiger partial charge >= 0.3 is 0 Å². The molecule has 3 heteroatoms. The van der Waals surface area contributed by atoms with Crippen LogP contribution in [0.4, 0.5) is 0 Å². The topological polar surface area (TPSA) is 37.3 Å². The molecule has 1 aliphatic carbocycles. The molecule has 2 nitrogen and oxygen atoms in total. The van der Waals surface area contributed by atoms with Crippen LogP contribution in [0.25, 0.3) is 0 Å². The molecule has 0 aliphatic heterocycles. The molecule has 1 unspecified atom stereocenters. The molecule has 0 spiro atoms. The van der Waals surface area contributed by atoms with Crippen LogP contribution in [0.5, 0.6) is 0 Å². The summed E-state index contributed by atoms with van der Waals surface area (Å²) in [6.07, 6.45) is 2.05. The summed E-state index contributed by atoms with van der Waals surface area (Å²) >= 11 is 2.23. The SMILES string of the molecule is CC1=C(I)C(C)(C)C(O)(C=O)CC1. The minimum absolute atomic E-state index is 0.433. The monoisotopic (exact) mass is 294 g/mol. The van der Waals surface area contributed by atoms with E-state index in [1.54, 1.807) is 0 Å². The van der Waals surface area contributed by atoms with Gasteiger partial charge < -0.3 is 9.90 Å². The predicted molar refractivity (Wildman–Crippen MR) is 60.7 cm³/mol. The molecule has 74 valence electrons. The van der Waals surface area contributed by atoms with Crippen LogP contribution in [0.3, 0.4) is 0 Å². The third-order valence-corrected chi connectivity index (χ3v) is 5.35. The van der Waals surface area contributed by atoms with Crippen LogP contribution in [0.15, 0.2) is 9.15 Å². The van der Waals surface area contributed by atoms with Crippen molar-refractivity contribution in [3.63, 3.8) is 0 Å². The Balaban J connectivity index is 3.19. The molecule has 0 radical (unpaired) electrons.